The van der Waals surface area contributed by atoms with Crippen LogP contribution in [0.5, 0.6) is 0 Å². The molecule has 6 nitrogen and oxygen atoms in total. The highest BCUT2D eigenvalue weighted by molar-refractivity contribution is 5.71. The van der Waals surface area contributed by atoms with Gasteiger partial charge in [0.05, 0.1) is 0 Å². The van der Waals surface area contributed by atoms with E-state index in [2.05, 4.69) is 167 Å². The number of unbranched alkanes of at least 4 members (excludes halogenated alkanes) is 24. The fourth-order valence-electron chi connectivity index (χ4n) is 8.92. The monoisotopic (exact) mass is 1120 g/mol. The Morgan fingerprint density at radius 2 is 0.481 bits per heavy atom. The van der Waals surface area contributed by atoms with Gasteiger partial charge in [-0.1, -0.05) is 295 Å². The van der Waals surface area contributed by atoms with Gasteiger partial charge in [-0.05, 0) is 122 Å². The lowest BCUT2D eigenvalue weighted by molar-refractivity contribution is -0.167. The third-order valence-electron chi connectivity index (χ3n) is 13.8. The maximum Gasteiger partial charge on any atom is 0.306 e. The molecule has 0 spiro atoms. The van der Waals surface area contributed by atoms with Crippen LogP contribution < -0.4 is 0 Å². The third-order valence-corrected chi connectivity index (χ3v) is 13.8. The molecule has 0 aromatic rings. The Labute approximate surface area is 499 Å². The molecule has 0 fully saturated rings. The Balaban J connectivity index is 4.29. The number of rotatable bonds is 59. The number of carbonyl (C=O) groups excluding carboxylic acids is 3. The van der Waals surface area contributed by atoms with E-state index in [1.165, 1.54) is 96.3 Å². The van der Waals surface area contributed by atoms with Gasteiger partial charge in [0.25, 0.3) is 0 Å². The molecule has 1 atom stereocenters. The summed E-state index contributed by atoms with van der Waals surface area (Å²) in [6, 6.07) is 0. The van der Waals surface area contributed by atoms with Gasteiger partial charge in [-0.25, -0.2) is 0 Å². The van der Waals surface area contributed by atoms with Gasteiger partial charge in [0, 0.05) is 19.3 Å². The van der Waals surface area contributed by atoms with E-state index in [9.17, 15) is 14.4 Å². The minimum atomic E-state index is -0.793. The van der Waals surface area contributed by atoms with Crippen LogP contribution in [0.4, 0.5) is 0 Å². The maximum atomic E-state index is 12.9. The van der Waals surface area contributed by atoms with E-state index < -0.39 is 6.10 Å². The van der Waals surface area contributed by atoms with Gasteiger partial charge in [0.1, 0.15) is 13.2 Å². The summed E-state index contributed by atoms with van der Waals surface area (Å²) in [5.41, 5.74) is 0. The highest BCUT2D eigenvalue weighted by atomic mass is 16.6. The van der Waals surface area contributed by atoms with Crippen molar-refractivity contribution in [1.29, 1.82) is 0 Å². The van der Waals surface area contributed by atoms with E-state index in [4.69, 9.17) is 14.2 Å². The first-order chi connectivity index (χ1) is 40.0. The molecule has 0 aromatic carbocycles. The summed E-state index contributed by atoms with van der Waals surface area (Å²) in [5, 5.41) is 0. The van der Waals surface area contributed by atoms with Crippen LogP contribution in [-0.2, 0) is 28.6 Å². The van der Waals surface area contributed by atoms with E-state index in [1.54, 1.807) is 0 Å². The Morgan fingerprint density at radius 3 is 0.753 bits per heavy atom. The summed E-state index contributed by atoms with van der Waals surface area (Å²) in [4.78, 5) is 38.3. The van der Waals surface area contributed by atoms with Crippen LogP contribution in [-0.4, -0.2) is 37.2 Å². The van der Waals surface area contributed by atoms with Crippen LogP contribution in [0.3, 0.4) is 0 Å². The van der Waals surface area contributed by atoms with E-state index in [0.717, 1.165) is 154 Å². The number of hydrogen-bond donors (Lipinski definition) is 0. The first kappa shape index (κ1) is 76.3. The minimum Gasteiger partial charge on any atom is -0.462 e. The zero-order valence-corrected chi connectivity index (χ0v) is 52.5. The predicted molar refractivity (Wildman–Crippen MR) is 352 cm³/mol. The second-order valence-corrected chi connectivity index (χ2v) is 21.6. The van der Waals surface area contributed by atoms with Crippen molar-refractivity contribution in [2.75, 3.05) is 13.2 Å². The van der Waals surface area contributed by atoms with Crippen LogP contribution in [0.1, 0.15) is 290 Å². The zero-order chi connectivity index (χ0) is 58.5. The number of carbonyl (C=O) groups is 3. The molecule has 0 amide bonds. The molecule has 458 valence electrons. The Kier molecular flexibility index (Phi) is 63.9. The SMILES string of the molecule is CC/C=C\C/C=C\C/C=C\C/C=C\C/C=C\C/C=C\C/C=C\C/C=C\CCCCCCCCCCC(=O)OCC(COC(=O)CCCCCCCCCCCCC)OC(=O)CCCCCCCC/C=C\C/C=C\C/C=C\C/C=C\CC. The predicted octanol–water partition coefficient (Wildman–Crippen LogP) is 23.1. The number of ether oxygens (including phenoxy) is 3. The average molecular weight is 1120 g/mol. The number of hydrogen-bond acceptors (Lipinski definition) is 6. The quantitative estimate of drug-likeness (QED) is 0.0261. The molecule has 6 heteroatoms. The Morgan fingerprint density at radius 1 is 0.259 bits per heavy atom. The largest absolute Gasteiger partial charge is 0.462 e. The topological polar surface area (TPSA) is 78.9 Å². The van der Waals surface area contributed by atoms with Crippen molar-refractivity contribution in [3.8, 4) is 0 Å². The van der Waals surface area contributed by atoms with Crippen LogP contribution in [0, 0.1) is 0 Å². The van der Waals surface area contributed by atoms with E-state index >= 15 is 0 Å². The normalized spacial score (nSPS) is 13.1. The molecule has 0 radical (unpaired) electrons. The average Bonchev–Trinajstić information content (AvgIpc) is 3.47. The lowest BCUT2D eigenvalue weighted by Crippen LogP contribution is -2.30. The van der Waals surface area contributed by atoms with Gasteiger partial charge < -0.3 is 14.2 Å². The molecule has 81 heavy (non-hydrogen) atoms. The maximum absolute atomic E-state index is 12.9. The molecule has 0 aliphatic carbocycles. The van der Waals surface area contributed by atoms with Crippen molar-refractivity contribution in [2.24, 2.45) is 0 Å². The fraction of sp³-hybridized carbons (Fsp3) is 0.640. The molecule has 0 rings (SSSR count). The van der Waals surface area contributed by atoms with Gasteiger partial charge in [-0.15, -0.1) is 0 Å². The summed E-state index contributed by atoms with van der Waals surface area (Å²) in [6.45, 7) is 6.40. The highest BCUT2D eigenvalue weighted by Crippen LogP contribution is 2.15. The molecule has 0 aromatic heterocycles. The van der Waals surface area contributed by atoms with Crippen molar-refractivity contribution in [3.05, 3.63) is 146 Å². The minimum absolute atomic E-state index is 0.0882. The molecule has 0 saturated carbocycles. The van der Waals surface area contributed by atoms with Gasteiger partial charge >= 0.3 is 17.9 Å². The van der Waals surface area contributed by atoms with Crippen molar-refractivity contribution in [3.63, 3.8) is 0 Å². The summed E-state index contributed by atoms with van der Waals surface area (Å²) < 4.78 is 16.9. The highest BCUT2D eigenvalue weighted by Gasteiger charge is 2.19. The van der Waals surface area contributed by atoms with E-state index in [1.807, 2.05) is 0 Å². The summed E-state index contributed by atoms with van der Waals surface area (Å²) in [6.07, 6.45) is 97.2. The van der Waals surface area contributed by atoms with Crippen LogP contribution in [0.15, 0.2) is 146 Å². The summed E-state index contributed by atoms with van der Waals surface area (Å²) in [7, 11) is 0. The summed E-state index contributed by atoms with van der Waals surface area (Å²) in [5.74, 6) is -0.909. The smallest absolute Gasteiger partial charge is 0.306 e. The zero-order valence-electron chi connectivity index (χ0n) is 52.5. The fourth-order valence-corrected chi connectivity index (χ4v) is 8.92. The van der Waals surface area contributed by atoms with Crippen molar-refractivity contribution >= 4 is 17.9 Å². The molecule has 0 saturated heterocycles. The molecular formula is C75H122O6. The lowest BCUT2D eigenvalue weighted by atomic mass is 10.1. The number of esters is 3. The van der Waals surface area contributed by atoms with Crippen LogP contribution in [0.25, 0.3) is 0 Å². The van der Waals surface area contributed by atoms with Crippen LogP contribution in [0.2, 0.25) is 0 Å². The number of allylic oxidation sites excluding steroid dienone is 24. The molecule has 0 N–H and O–H groups in total. The van der Waals surface area contributed by atoms with Gasteiger partial charge in [0.2, 0.25) is 0 Å². The standard InChI is InChI=1S/C75H122O6/c1-4-7-10-13-16-19-22-24-26-28-30-31-32-33-34-35-36-37-38-39-40-41-42-43-45-46-48-50-53-56-59-62-65-68-74(77)80-71-72(70-79-73(76)67-64-61-58-55-52-21-18-15-12-9-6-3)81-75(78)69-66-63-60-57-54-51-49-47-44-29-27-25-23-20-17-14-11-8-5-2/h7-8,10-11,16-17,19-20,24-27,30-31,33-34,36-37,39-40,42-44,47,72H,4-6,9,12-15,18,21-23,28-29,32,35,38,41,45-46,48-71H2,1-3H3/b10-7-,11-8-,19-16-,20-17-,26-24-,27-25-,31-30-,34-33-,37-36-,40-39-,43-42-,47-44-. The third kappa shape index (κ3) is 66.0. The molecular weight excluding hydrogens is 997 g/mol. The van der Waals surface area contributed by atoms with E-state index in [0.29, 0.717) is 19.3 Å². The first-order valence-corrected chi connectivity index (χ1v) is 33.3. The second kappa shape index (κ2) is 67.8. The lowest BCUT2D eigenvalue weighted by Gasteiger charge is -2.18. The van der Waals surface area contributed by atoms with Gasteiger partial charge in [0.15, 0.2) is 6.10 Å². The van der Waals surface area contributed by atoms with Crippen molar-refractivity contribution in [1.82, 2.24) is 0 Å². The molecule has 0 aliphatic rings. The van der Waals surface area contributed by atoms with Crippen LogP contribution >= 0.6 is 0 Å². The molecule has 0 aliphatic heterocycles. The van der Waals surface area contributed by atoms with Crippen molar-refractivity contribution in [2.45, 2.75) is 297 Å². The molecule has 1 unspecified atom stereocenters. The Bertz CT molecular complexity index is 1760. The first-order valence-electron chi connectivity index (χ1n) is 33.3. The second-order valence-electron chi connectivity index (χ2n) is 21.6. The van der Waals surface area contributed by atoms with E-state index in [-0.39, 0.29) is 31.1 Å². The molecule has 0 bridgehead atoms. The van der Waals surface area contributed by atoms with Crippen molar-refractivity contribution < 1.29 is 28.6 Å². The Hall–Kier alpha value is -4.71. The summed E-state index contributed by atoms with van der Waals surface area (Å²) >= 11 is 0. The van der Waals surface area contributed by atoms with Gasteiger partial charge in [-0.3, -0.25) is 14.4 Å². The molecule has 0 heterocycles. The van der Waals surface area contributed by atoms with Gasteiger partial charge in [-0.2, -0.15) is 0 Å².